The average molecular weight is 179 g/mol. The highest BCUT2D eigenvalue weighted by Crippen LogP contribution is 2.27. The minimum Gasteiger partial charge on any atom is -0.395 e. The van der Waals surface area contributed by atoms with E-state index < -0.39 is 10.0 Å². The largest absolute Gasteiger partial charge is 0.395 e. The highest BCUT2D eigenvalue weighted by Gasteiger charge is 2.36. The van der Waals surface area contributed by atoms with Crippen LogP contribution in [-0.2, 0) is 10.0 Å². The van der Waals surface area contributed by atoms with Crippen molar-refractivity contribution < 1.29 is 13.5 Å². The van der Waals surface area contributed by atoms with Gasteiger partial charge in [0.15, 0.2) is 0 Å². The van der Waals surface area contributed by atoms with Gasteiger partial charge in [-0.25, -0.2) is 13.1 Å². The van der Waals surface area contributed by atoms with Gasteiger partial charge in [0.25, 0.3) is 0 Å². The molecule has 1 saturated carbocycles. The number of rotatable bonds is 4. The van der Waals surface area contributed by atoms with Crippen LogP contribution in [0.3, 0.4) is 0 Å². The third-order valence-corrected chi connectivity index (χ3v) is 3.68. The quantitative estimate of drug-likeness (QED) is 0.608. The first-order valence-electron chi connectivity index (χ1n) is 3.68. The van der Waals surface area contributed by atoms with Crippen molar-refractivity contribution in [1.82, 2.24) is 4.72 Å². The fourth-order valence-electron chi connectivity index (χ4n) is 0.792. The van der Waals surface area contributed by atoms with Crippen LogP contribution in [0.25, 0.3) is 0 Å². The summed E-state index contributed by atoms with van der Waals surface area (Å²) in [5, 5.41) is 8.38. The zero-order chi connectivity index (χ0) is 8.48. The molecule has 0 spiro atoms. The van der Waals surface area contributed by atoms with E-state index in [1.54, 1.807) is 6.92 Å². The topological polar surface area (TPSA) is 66.4 Å². The maximum atomic E-state index is 11.1. The molecular weight excluding hydrogens is 166 g/mol. The molecule has 1 atom stereocenters. The van der Waals surface area contributed by atoms with Crippen molar-refractivity contribution in [1.29, 1.82) is 0 Å². The second kappa shape index (κ2) is 3.08. The van der Waals surface area contributed by atoms with E-state index in [2.05, 4.69) is 4.72 Å². The standard InChI is InChI=1S/C6H13NO3S/c1-5(4-8)7-11(9,10)6-2-3-6/h5-8H,2-4H2,1H3. The van der Waals surface area contributed by atoms with Gasteiger partial charge in [-0.3, -0.25) is 0 Å². The Morgan fingerprint density at radius 1 is 1.64 bits per heavy atom. The molecule has 4 nitrogen and oxygen atoms in total. The summed E-state index contributed by atoms with van der Waals surface area (Å²) < 4.78 is 24.7. The van der Waals surface area contributed by atoms with Crippen LogP contribution in [0.2, 0.25) is 0 Å². The molecule has 2 N–H and O–H groups in total. The maximum absolute atomic E-state index is 11.1. The fraction of sp³-hybridized carbons (Fsp3) is 1.00. The molecule has 0 heterocycles. The molecule has 0 radical (unpaired) electrons. The van der Waals surface area contributed by atoms with Crippen molar-refractivity contribution in [2.75, 3.05) is 6.61 Å². The first kappa shape index (κ1) is 8.96. The highest BCUT2D eigenvalue weighted by atomic mass is 32.2. The van der Waals surface area contributed by atoms with Crippen LogP contribution in [-0.4, -0.2) is 31.4 Å². The minimum absolute atomic E-state index is 0.147. The van der Waals surface area contributed by atoms with Crippen LogP contribution in [0.4, 0.5) is 0 Å². The SMILES string of the molecule is CC(CO)NS(=O)(=O)C1CC1. The molecule has 5 heteroatoms. The molecule has 0 aromatic heterocycles. The van der Waals surface area contributed by atoms with Crippen molar-refractivity contribution in [3.63, 3.8) is 0 Å². The molecule has 1 rings (SSSR count). The molecular formula is C6H13NO3S. The first-order valence-corrected chi connectivity index (χ1v) is 5.23. The molecule has 0 aliphatic heterocycles. The van der Waals surface area contributed by atoms with Gasteiger partial charge in [0.1, 0.15) is 0 Å². The highest BCUT2D eigenvalue weighted by molar-refractivity contribution is 7.90. The van der Waals surface area contributed by atoms with E-state index in [4.69, 9.17) is 5.11 Å². The van der Waals surface area contributed by atoms with Crippen LogP contribution in [0, 0.1) is 0 Å². The third kappa shape index (κ3) is 2.43. The molecule has 0 aromatic rings. The molecule has 11 heavy (non-hydrogen) atoms. The van der Waals surface area contributed by atoms with E-state index in [9.17, 15) is 8.42 Å². The molecule has 0 amide bonds. The fourth-order valence-corrected chi connectivity index (χ4v) is 2.38. The van der Waals surface area contributed by atoms with Crippen molar-refractivity contribution in [3.8, 4) is 0 Å². The van der Waals surface area contributed by atoms with Crippen molar-refractivity contribution in [2.24, 2.45) is 0 Å². The summed E-state index contributed by atoms with van der Waals surface area (Å²) in [4.78, 5) is 0. The summed E-state index contributed by atoms with van der Waals surface area (Å²) in [6.07, 6.45) is 1.51. The first-order chi connectivity index (χ1) is 5.06. The Labute approximate surface area is 66.7 Å². The normalized spacial score (nSPS) is 21.6. The minimum atomic E-state index is -3.11. The third-order valence-electron chi connectivity index (χ3n) is 1.60. The lowest BCUT2D eigenvalue weighted by Gasteiger charge is -2.09. The van der Waals surface area contributed by atoms with E-state index in [1.807, 2.05) is 0 Å². The van der Waals surface area contributed by atoms with Gasteiger partial charge >= 0.3 is 0 Å². The number of hydrogen-bond acceptors (Lipinski definition) is 3. The number of hydrogen-bond donors (Lipinski definition) is 2. The van der Waals surface area contributed by atoms with Gasteiger partial charge in [-0.2, -0.15) is 0 Å². The summed E-state index contributed by atoms with van der Waals surface area (Å²) >= 11 is 0. The monoisotopic (exact) mass is 179 g/mol. The Bertz CT molecular complexity index is 220. The van der Waals surface area contributed by atoms with Gasteiger partial charge < -0.3 is 5.11 Å². The van der Waals surface area contributed by atoms with E-state index in [1.165, 1.54) is 0 Å². The van der Waals surface area contributed by atoms with Gasteiger partial charge in [-0.05, 0) is 19.8 Å². The molecule has 0 saturated heterocycles. The van der Waals surface area contributed by atoms with E-state index in [0.717, 1.165) is 12.8 Å². The van der Waals surface area contributed by atoms with Gasteiger partial charge in [-0.1, -0.05) is 0 Å². The average Bonchev–Trinajstić information content (AvgIpc) is 2.66. The number of aliphatic hydroxyl groups excluding tert-OH is 1. The zero-order valence-electron chi connectivity index (χ0n) is 6.45. The number of sulfonamides is 1. The van der Waals surface area contributed by atoms with Crippen LogP contribution in [0.1, 0.15) is 19.8 Å². The Balaban J connectivity index is 2.46. The van der Waals surface area contributed by atoms with Gasteiger partial charge in [-0.15, -0.1) is 0 Å². The van der Waals surface area contributed by atoms with Crippen molar-refractivity contribution >= 4 is 10.0 Å². The maximum Gasteiger partial charge on any atom is 0.214 e. The lowest BCUT2D eigenvalue weighted by molar-refractivity contribution is 0.265. The Morgan fingerprint density at radius 3 is 2.55 bits per heavy atom. The molecule has 1 unspecified atom stereocenters. The molecule has 0 bridgehead atoms. The van der Waals surface area contributed by atoms with Crippen LogP contribution in [0.15, 0.2) is 0 Å². The van der Waals surface area contributed by atoms with Gasteiger partial charge in [0, 0.05) is 6.04 Å². The summed E-state index contributed by atoms with van der Waals surface area (Å²) in [5.74, 6) is 0. The van der Waals surface area contributed by atoms with E-state index in [-0.39, 0.29) is 17.9 Å². The second-order valence-electron chi connectivity index (χ2n) is 2.95. The van der Waals surface area contributed by atoms with Crippen LogP contribution >= 0.6 is 0 Å². The molecule has 1 fully saturated rings. The van der Waals surface area contributed by atoms with Crippen molar-refractivity contribution in [3.05, 3.63) is 0 Å². The summed E-state index contributed by atoms with van der Waals surface area (Å²) in [6, 6.07) is -0.361. The molecule has 1 aliphatic carbocycles. The summed E-state index contributed by atoms with van der Waals surface area (Å²) in [5.41, 5.74) is 0. The summed E-state index contributed by atoms with van der Waals surface area (Å²) in [7, 11) is -3.11. The van der Waals surface area contributed by atoms with Crippen LogP contribution in [0.5, 0.6) is 0 Å². The lowest BCUT2D eigenvalue weighted by Crippen LogP contribution is -2.37. The molecule has 66 valence electrons. The van der Waals surface area contributed by atoms with Crippen molar-refractivity contribution in [2.45, 2.75) is 31.1 Å². The van der Waals surface area contributed by atoms with E-state index >= 15 is 0 Å². The number of nitrogens with one attached hydrogen (secondary N) is 1. The predicted octanol–water partition coefficient (Wildman–Crippen LogP) is -0.551. The van der Waals surface area contributed by atoms with E-state index in [0.29, 0.717) is 0 Å². The summed E-state index contributed by atoms with van der Waals surface area (Å²) in [6.45, 7) is 1.49. The Morgan fingerprint density at radius 2 is 2.18 bits per heavy atom. The number of aliphatic hydroxyl groups is 1. The zero-order valence-corrected chi connectivity index (χ0v) is 7.26. The smallest absolute Gasteiger partial charge is 0.214 e. The molecule has 0 aromatic carbocycles. The predicted molar refractivity (Wildman–Crippen MR) is 41.6 cm³/mol. The van der Waals surface area contributed by atoms with Crippen LogP contribution < -0.4 is 4.72 Å². The Hall–Kier alpha value is -0.130. The lowest BCUT2D eigenvalue weighted by atomic mass is 10.4. The van der Waals surface area contributed by atoms with Gasteiger partial charge in [0.05, 0.1) is 11.9 Å². The second-order valence-corrected chi connectivity index (χ2v) is 4.94. The molecule has 1 aliphatic rings. The Kier molecular flexibility index (Phi) is 2.51. The van der Waals surface area contributed by atoms with Gasteiger partial charge in [0.2, 0.25) is 10.0 Å².